The van der Waals surface area contributed by atoms with Crippen LogP contribution in [0.25, 0.3) is 0 Å². The highest BCUT2D eigenvalue weighted by Crippen LogP contribution is 2.20. The molecule has 1 unspecified atom stereocenters. The molecule has 9 nitrogen and oxygen atoms in total. The number of benzene rings is 1. The fraction of sp³-hybridized carbons (Fsp3) is 0.583. The Kier molecular flexibility index (Phi) is 9.24. The van der Waals surface area contributed by atoms with Crippen molar-refractivity contribution in [2.24, 2.45) is 5.92 Å². The van der Waals surface area contributed by atoms with Crippen molar-refractivity contribution in [3.63, 3.8) is 0 Å². The molecule has 2 heterocycles. The highest BCUT2D eigenvalue weighted by Gasteiger charge is 2.29. The van der Waals surface area contributed by atoms with Crippen LogP contribution in [0, 0.1) is 5.92 Å². The molecule has 2 aliphatic heterocycles. The summed E-state index contributed by atoms with van der Waals surface area (Å²) in [6.45, 7) is 3.09. The molecule has 2 fully saturated rings. The Bertz CT molecular complexity index is 825. The lowest BCUT2D eigenvalue weighted by atomic mass is 9.92. The number of carboxylic acid groups (broad SMARTS) is 1. The summed E-state index contributed by atoms with van der Waals surface area (Å²) in [5, 5.41) is 17.9. The van der Waals surface area contributed by atoms with Crippen LogP contribution in [-0.4, -0.2) is 72.0 Å². The molecule has 0 bridgehead atoms. The van der Waals surface area contributed by atoms with Gasteiger partial charge >= 0.3 is 5.97 Å². The molecule has 0 aliphatic carbocycles. The molecule has 0 spiro atoms. The molecule has 180 valence electrons. The largest absolute Gasteiger partial charge is 0.481 e. The second-order valence-electron chi connectivity index (χ2n) is 8.91. The number of hydrogen-bond acceptors (Lipinski definition) is 5. The number of nitrogens with zero attached hydrogens (tertiary/aromatic N) is 1. The second kappa shape index (κ2) is 12.3. The first-order valence-corrected chi connectivity index (χ1v) is 11.8. The molecule has 3 rings (SSSR count). The lowest BCUT2D eigenvalue weighted by molar-refractivity contribution is -0.140. The molecule has 3 amide bonds. The predicted molar refractivity (Wildman–Crippen MR) is 123 cm³/mol. The highest BCUT2D eigenvalue weighted by molar-refractivity contribution is 5.98. The van der Waals surface area contributed by atoms with E-state index in [2.05, 4.69) is 16.0 Å². The number of likely N-dealkylation sites (tertiary alicyclic amines) is 1. The molecule has 0 aromatic heterocycles. The van der Waals surface area contributed by atoms with Crippen LogP contribution < -0.4 is 16.0 Å². The van der Waals surface area contributed by atoms with Crippen LogP contribution in [0.15, 0.2) is 30.3 Å². The van der Waals surface area contributed by atoms with Crippen LogP contribution in [0.5, 0.6) is 0 Å². The first-order chi connectivity index (χ1) is 15.9. The number of nitrogens with one attached hydrogen (secondary N) is 3. The third kappa shape index (κ3) is 7.85. The molecule has 1 aromatic carbocycles. The van der Waals surface area contributed by atoms with Crippen LogP contribution in [0.3, 0.4) is 0 Å². The maximum absolute atomic E-state index is 12.8. The number of carboxylic acids is 1. The number of rotatable bonds is 9. The van der Waals surface area contributed by atoms with Gasteiger partial charge in [0.2, 0.25) is 11.8 Å². The van der Waals surface area contributed by atoms with Crippen molar-refractivity contribution in [2.45, 2.75) is 57.0 Å². The van der Waals surface area contributed by atoms with E-state index in [0.29, 0.717) is 37.4 Å². The topological polar surface area (TPSA) is 128 Å². The normalized spacial score (nSPS) is 20.0. The molecular weight excluding hydrogens is 424 g/mol. The van der Waals surface area contributed by atoms with Gasteiger partial charge in [0.1, 0.15) is 6.04 Å². The summed E-state index contributed by atoms with van der Waals surface area (Å²) in [5.74, 6) is -1.54. The standard InChI is InChI=1S/C24H34N4O5/c29-21(9-8-17-10-12-25-13-11-17)28-14-4-7-19(16-28)26-24(33)20(15-22(30)31)27-23(32)18-5-2-1-3-6-18/h1-3,5-6,17,19-20,25H,4,7-16H2,(H,26,33)(H,27,32)(H,30,31)/t19?,20-/m0/s1. The summed E-state index contributed by atoms with van der Waals surface area (Å²) >= 11 is 0. The number of hydrogen-bond donors (Lipinski definition) is 4. The minimum Gasteiger partial charge on any atom is -0.481 e. The van der Waals surface area contributed by atoms with E-state index < -0.39 is 30.2 Å². The predicted octanol–water partition coefficient (Wildman–Crippen LogP) is 1.15. The van der Waals surface area contributed by atoms with Crippen LogP contribution >= 0.6 is 0 Å². The van der Waals surface area contributed by atoms with Crippen LogP contribution in [0.2, 0.25) is 0 Å². The molecule has 2 saturated heterocycles. The summed E-state index contributed by atoms with van der Waals surface area (Å²) in [6, 6.07) is 6.89. The van der Waals surface area contributed by atoms with Crippen molar-refractivity contribution in [3.8, 4) is 0 Å². The van der Waals surface area contributed by atoms with Crippen LogP contribution in [0.4, 0.5) is 0 Å². The Morgan fingerprint density at radius 1 is 1.09 bits per heavy atom. The van der Waals surface area contributed by atoms with E-state index in [9.17, 15) is 24.3 Å². The quantitative estimate of drug-likeness (QED) is 0.440. The SMILES string of the molecule is O=C(O)C[C@H](NC(=O)c1ccccc1)C(=O)NC1CCCN(C(=O)CCC2CCNCC2)C1. The smallest absolute Gasteiger partial charge is 0.305 e. The zero-order chi connectivity index (χ0) is 23.6. The molecule has 2 aliphatic rings. The van der Waals surface area contributed by atoms with Gasteiger partial charge in [0.15, 0.2) is 0 Å². The van der Waals surface area contributed by atoms with E-state index in [0.717, 1.165) is 38.8 Å². The fourth-order valence-electron chi connectivity index (χ4n) is 4.49. The molecule has 4 N–H and O–H groups in total. The summed E-state index contributed by atoms with van der Waals surface area (Å²) < 4.78 is 0. The third-order valence-electron chi connectivity index (χ3n) is 6.38. The number of piperidine rings is 2. The number of carbonyl (C=O) groups excluding carboxylic acids is 3. The summed E-state index contributed by atoms with van der Waals surface area (Å²) in [6.07, 6.45) is 4.56. The van der Waals surface area contributed by atoms with Crippen molar-refractivity contribution in [3.05, 3.63) is 35.9 Å². The van der Waals surface area contributed by atoms with E-state index in [1.165, 1.54) is 0 Å². The van der Waals surface area contributed by atoms with Crippen LogP contribution in [-0.2, 0) is 14.4 Å². The van der Waals surface area contributed by atoms with Gasteiger partial charge in [-0.25, -0.2) is 0 Å². The number of aliphatic carboxylic acids is 1. The zero-order valence-corrected chi connectivity index (χ0v) is 18.9. The van der Waals surface area contributed by atoms with E-state index in [1.807, 2.05) is 0 Å². The molecule has 0 radical (unpaired) electrons. The number of carbonyl (C=O) groups is 4. The van der Waals surface area contributed by atoms with Crippen LogP contribution in [0.1, 0.15) is 55.3 Å². The Hall–Kier alpha value is -2.94. The zero-order valence-electron chi connectivity index (χ0n) is 18.9. The van der Waals surface area contributed by atoms with Gasteiger partial charge in [0, 0.05) is 31.1 Å². The average molecular weight is 459 g/mol. The second-order valence-corrected chi connectivity index (χ2v) is 8.91. The van der Waals surface area contributed by atoms with Gasteiger partial charge in [0.05, 0.1) is 6.42 Å². The lowest BCUT2D eigenvalue weighted by Gasteiger charge is -2.34. The molecule has 33 heavy (non-hydrogen) atoms. The Morgan fingerprint density at radius 3 is 2.52 bits per heavy atom. The maximum atomic E-state index is 12.8. The first kappa shape index (κ1) is 24.7. The Balaban J connectivity index is 1.52. The molecular formula is C24H34N4O5. The molecule has 9 heteroatoms. The van der Waals surface area contributed by atoms with Crippen molar-refractivity contribution in [2.75, 3.05) is 26.2 Å². The van der Waals surface area contributed by atoms with E-state index in [-0.39, 0.29) is 11.9 Å². The number of amides is 3. The lowest BCUT2D eigenvalue weighted by Crippen LogP contribution is -2.55. The monoisotopic (exact) mass is 458 g/mol. The van der Waals surface area contributed by atoms with E-state index in [1.54, 1.807) is 35.2 Å². The minimum absolute atomic E-state index is 0.104. The molecule has 1 aromatic rings. The van der Waals surface area contributed by atoms with Gasteiger partial charge in [-0.05, 0) is 63.2 Å². The Morgan fingerprint density at radius 2 is 1.82 bits per heavy atom. The van der Waals surface area contributed by atoms with Gasteiger partial charge in [-0.3, -0.25) is 19.2 Å². The van der Waals surface area contributed by atoms with Gasteiger partial charge < -0.3 is 26.0 Å². The summed E-state index contributed by atoms with van der Waals surface area (Å²) in [5.41, 5.74) is 0.351. The average Bonchev–Trinajstić information content (AvgIpc) is 2.83. The fourth-order valence-corrected chi connectivity index (χ4v) is 4.49. The summed E-state index contributed by atoms with van der Waals surface area (Å²) in [7, 11) is 0. The molecule has 0 saturated carbocycles. The molecule has 2 atom stereocenters. The van der Waals surface area contributed by atoms with Gasteiger partial charge in [-0.15, -0.1) is 0 Å². The van der Waals surface area contributed by atoms with E-state index in [4.69, 9.17) is 0 Å². The summed E-state index contributed by atoms with van der Waals surface area (Å²) in [4.78, 5) is 51.1. The van der Waals surface area contributed by atoms with Gasteiger partial charge in [0.25, 0.3) is 5.91 Å². The Labute approximate surface area is 194 Å². The van der Waals surface area contributed by atoms with Crippen molar-refractivity contribution in [1.82, 2.24) is 20.9 Å². The van der Waals surface area contributed by atoms with E-state index >= 15 is 0 Å². The maximum Gasteiger partial charge on any atom is 0.305 e. The van der Waals surface area contributed by atoms with Crippen molar-refractivity contribution in [1.29, 1.82) is 0 Å². The highest BCUT2D eigenvalue weighted by atomic mass is 16.4. The minimum atomic E-state index is -1.19. The van der Waals surface area contributed by atoms with Gasteiger partial charge in [-0.1, -0.05) is 18.2 Å². The van der Waals surface area contributed by atoms with Crippen molar-refractivity contribution >= 4 is 23.7 Å². The third-order valence-corrected chi connectivity index (χ3v) is 6.38. The van der Waals surface area contributed by atoms with Gasteiger partial charge in [-0.2, -0.15) is 0 Å². The first-order valence-electron chi connectivity index (χ1n) is 11.8. The van der Waals surface area contributed by atoms with Crippen molar-refractivity contribution < 1.29 is 24.3 Å².